The van der Waals surface area contributed by atoms with Crippen LogP contribution in [-0.2, 0) is 6.42 Å². The van der Waals surface area contributed by atoms with E-state index in [1.807, 2.05) is 38.4 Å². The number of anilines is 1. The van der Waals surface area contributed by atoms with E-state index in [9.17, 15) is 0 Å². The van der Waals surface area contributed by atoms with Gasteiger partial charge in [0, 0.05) is 35.4 Å². The van der Waals surface area contributed by atoms with Gasteiger partial charge in [0.2, 0.25) is 0 Å². The number of nitrogens with zero attached hydrogens (tertiary/aromatic N) is 2. The van der Waals surface area contributed by atoms with Gasteiger partial charge in [-0.15, -0.1) is 0 Å². The van der Waals surface area contributed by atoms with E-state index in [4.69, 9.17) is 16.6 Å². The third-order valence-corrected chi connectivity index (χ3v) is 4.31. The normalized spacial score (nSPS) is 10.9. The van der Waals surface area contributed by atoms with Crippen LogP contribution in [0, 0.1) is 0 Å². The first kappa shape index (κ1) is 15.3. The summed E-state index contributed by atoms with van der Waals surface area (Å²) in [6, 6.07) is 16.4. The third-order valence-electron chi connectivity index (χ3n) is 3.56. The Hall–Kier alpha value is -1.58. The summed E-state index contributed by atoms with van der Waals surface area (Å²) in [4.78, 5) is 6.87. The Bertz CT molecular complexity index is 813. The molecule has 2 nitrogen and oxygen atoms in total. The minimum absolute atomic E-state index is 0.761. The zero-order valence-electron chi connectivity index (χ0n) is 12.5. The molecule has 0 atom stereocenters. The standard InChI is InChI=1S/C18H16BrClN2/c1-22(2)18-14(9-12-3-6-16(20)7-4-12)10-13-11-15(19)5-8-17(13)21-18/h3-8,10-11H,9H2,1-2H3. The second kappa shape index (κ2) is 6.27. The molecular weight excluding hydrogens is 360 g/mol. The molecule has 0 aliphatic heterocycles. The Morgan fingerprint density at radius 3 is 2.45 bits per heavy atom. The topological polar surface area (TPSA) is 16.1 Å². The van der Waals surface area contributed by atoms with E-state index in [1.54, 1.807) is 0 Å². The number of hydrogen-bond donors (Lipinski definition) is 0. The van der Waals surface area contributed by atoms with Crippen LogP contribution in [0.4, 0.5) is 5.82 Å². The summed E-state index contributed by atoms with van der Waals surface area (Å²) in [5.74, 6) is 1.00. The van der Waals surface area contributed by atoms with Crippen molar-refractivity contribution in [2.45, 2.75) is 6.42 Å². The molecule has 1 aromatic heterocycles. The summed E-state index contributed by atoms with van der Waals surface area (Å²) in [6.45, 7) is 0. The fourth-order valence-corrected chi connectivity index (χ4v) is 3.03. The molecule has 2 aromatic carbocycles. The van der Waals surface area contributed by atoms with Gasteiger partial charge >= 0.3 is 0 Å². The smallest absolute Gasteiger partial charge is 0.132 e. The highest BCUT2D eigenvalue weighted by molar-refractivity contribution is 9.10. The maximum absolute atomic E-state index is 5.97. The van der Waals surface area contributed by atoms with Crippen molar-refractivity contribution >= 4 is 44.3 Å². The molecule has 112 valence electrons. The second-order valence-electron chi connectivity index (χ2n) is 5.51. The molecule has 0 aliphatic carbocycles. The molecule has 0 spiro atoms. The number of rotatable bonds is 3. The highest BCUT2D eigenvalue weighted by Crippen LogP contribution is 2.27. The zero-order chi connectivity index (χ0) is 15.7. The predicted octanol–water partition coefficient (Wildman–Crippen LogP) is 5.31. The number of pyridine rings is 1. The Morgan fingerprint density at radius 1 is 1.05 bits per heavy atom. The number of fused-ring (bicyclic) bond motifs is 1. The lowest BCUT2D eigenvalue weighted by Gasteiger charge is -2.17. The largest absolute Gasteiger partial charge is 0.362 e. The molecule has 1 heterocycles. The second-order valence-corrected chi connectivity index (χ2v) is 6.86. The van der Waals surface area contributed by atoms with Crippen LogP contribution in [0.3, 0.4) is 0 Å². The van der Waals surface area contributed by atoms with Crippen molar-refractivity contribution in [3.05, 3.63) is 69.2 Å². The van der Waals surface area contributed by atoms with Gasteiger partial charge in [0.25, 0.3) is 0 Å². The molecule has 0 N–H and O–H groups in total. The molecule has 0 bridgehead atoms. The van der Waals surface area contributed by atoms with Crippen molar-refractivity contribution < 1.29 is 0 Å². The quantitative estimate of drug-likeness (QED) is 0.617. The highest BCUT2D eigenvalue weighted by Gasteiger charge is 2.10. The van der Waals surface area contributed by atoms with Crippen LogP contribution in [-0.4, -0.2) is 19.1 Å². The summed E-state index contributed by atoms with van der Waals surface area (Å²) >= 11 is 9.49. The molecule has 0 saturated heterocycles. The van der Waals surface area contributed by atoms with E-state index >= 15 is 0 Å². The van der Waals surface area contributed by atoms with Crippen LogP contribution in [0.1, 0.15) is 11.1 Å². The summed E-state index contributed by atoms with van der Waals surface area (Å²) in [7, 11) is 4.05. The summed E-state index contributed by atoms with van der Waals surface area (Å²) in [5.41, 5.74) is 3.44. The Labute approximate surface area is 143 Å². The molecule has 3 rings (SSSR count). The van der Waals surface area contributed by atoms with Gasteiger partial charge in [-0.1, -0.05) is 39.7 Å². The van der Waals surface area contributed by atoms with Gasteiger partial charge in [-0.3, -0.25) is 0 Å². The Balaban J connectivity index is 2.09. The van der Waals surface area contributed by atoms with Gasteiger partial charge in [-0.25, -0.2) is 4.98 Å². The molecule has 4 heteroatoms. The maximum Gasteiger partial charge on any atom is 0.132 e. The minimum atomic E-state index is 0.761. The Morgan fingerprint density at radius 2 is 1.77 bits per heavy atom. The van der Waals surface area contributed by atoms with Gasteiger partial charge in [-0.05, 0) is 47.5 Å². The van der Waals surface area contributed by atoms with Crippen molar-refractivity contribution in [3.63, 3.8) is 0 Å². The average molecular weight is 376 g/mol. The first-order valence-corrected chi connectivity index (χ1v) is 8.21. The van der Waals surface area contributed by atoms with Crippen molar-refractivity contribution in [1.82, 2.24) is 4.98 Å². The van der Waals surface area contributed by atoms with Crippen LogP contribution in [0.15, 0.2) is 53.0 Å². The van der Waals surface area contributed by atoms with Crippen LogP contribution in [0.25, 0.3) is 10.9 Å². The molecule has 22 heavy (non-hydrogen) atoms. The van der Waals surface area contributed by atoms with Gasteiger partial charge in [0.05, 0.1) is 5.52 Å². The monoisotopic (exact) mass is 374 g/mol. The maximum atomic E-state index is 5.97. The van der Waals surface area contributed by atoms with Gasteiger partial charge in [-0.2, -0.15) is 0 Å². The zero-order valence-corrected chi connectivity index (χ0v) is 14.8. The van der Waals surface area contributed by atoms with Gasteiger partial charge in [0.1, 0.15) is 5.82 Å². The number of aromatic nitrogens is 1. The minimum Gasteiger partial charge on any atom is -0.362 e. The predicted molar refractivity (Wildman–Crippen MR) is 98.0 cm³/mol. The van der Waals surface area contributed by atoms with Crippen molar-refractivity contribution in [3.8, 4) is 0 Å². The molecule has 0 fully saturated rings. The number of hydrogen-bond acceptors (Lipinski definition) is 2. The van der Waals surface area contributed by atoms with E-state index in [1.165, 1.54) is 11.1 Å². The molecule has 0 radical (unpaired) electrons. The first-order chi connectivity index (χ1) is 10.5. The lowest BCUT2D eigenvalue weighted by molar-refractivity contribution is 1.04. The lowest BCUT2D eigenvalue weighted by atomic mass is 10.0. The average Bonchev–Trinajstić information content (AvgIpc) is 2.48. The fraction of sp³-hybridized carbons (Fsp3) is 0.167. The molecule has 0 saturated carbocycles. The molecular formula is C18H16BrClN2. The SMILES string of the molecule is CN(C)c1nc2ccc(Br)cc2cc1Cc1ccc(Cl)cc1. The third kappa shape index (κ3) is 3.26. The number of halogens is 2. The summed E-state index contributed by atoms with van der Waals surface area (Å²) in [5, 5.41) is 1.90. The van der Waals surface area contributed by atoms with Crippen LogP contribution < -0.4 is 4.90 Å². The fourth-order valence-electron chi connectivity index (χ4n) is 2.52. The van der Waals surface area contributed by atoms with Crippen molar-refractivity contribution in [1.29, 1.82) is 0 Å². The summed E-state index contributed by atoms with van der Waals surface area (Å²) in [6.07, 6.45) is 0.833. The molecule has 0 aliphatic rings. The Kier molecular flexibility index (Phi) is 4.37. The molecule has 0 amide bonds. The van der Waals surface area contributed by atoms with E-state index in [-0.39, 0.29) is 0 Å². The van der Waals surface area contributed by atoms with Crippen molar-refractivity contribution in [2.24, 2.45) is 0 Å². The van der Waals surface area contributed by atoms with Crippen LogP contribution in [0.5, 0.6) is 0 Å². The van der Waals surface area contributed by atoms with E-state index in [0.717, 1.165) is 32.6 Å². The first-order valence-electron chi connectivity index (χ1n) is 7.04. The summed E-state index contributed by atoms with van der Waals surface area (Å²) < 4.78 is 1.07. The van der Waals surface area contributed by atoms with Crippen LogP contribution >= 0.6 is 27.5 Å². The van der Waals surface area contributed by atoms with E-state index in [2.05, 4.69) is 45.1 Å². The van der Waals surface area contributed by atoms with Crippen molar-refractivity contribution in [2.75, 3.05) is 19.0 Å². The van der Waals surface area contributed by atoms with Gasteiger partial charge < -0.3 is 4.90 Å². The van der Waals surface area contributed by atoms with E-state index in [0.29, 0.717) is 0 Å². The number of benzene rings is 2. The lowest BCUT2D eigenvalue weighted by Crippen LogP contribution is -2.13. The van der Waals surface area contributed by atoms with E-state index < -0.39 is 0 Å². The molecule has 3 aromatic rings. The van der Waals surface area contributed by atoms with Gasteiger partial charge in [0.15, 0.2) is 0 Å². The highest BCUT2D eigenvalue weighted by atomic mass is 79.9. The molecule has 0 unspecified atom stereocenters. The van der Waals surface area contributed by atoms with Crippen LogP contribution in [0.2, 0.25) is 5.02 Å².